The van der Waals surface area contributed by atoms with E-state index in [9.17, 15) is 0 Å². The van der Waals surface area contributed by atoms with Crippen molar-refractivity contribution in [3.63, 3.8) is 0 Å². The van der Waals surface area contributed by atoms with Crippen LogP contribution in [0.2, 0.25) is 0 Å². The maximum atomic E-state index is 4.82. The van der Waals surface area contributed by atoms with E-state index < -0.39 is 0 Å². The molecule has 2 fully saturated rings. The predicted octanol–water partition coefficient (Wildman–Crippen LogP) is 1.64. The Kier molecular flexibility index (Phi) is 2.83. The smallest absolute Gasteiger partial charge is 0.106 e. The third-order valence-electron chi connectivity index (χ3n) is 2.88. The lowest BCUT2D eigenvalue weighted by Crippen LogP contribution is -2.26. The van der Waals surface area contributed by atoms with Gasteiger partial charge in [0.1, 0.15) is 7.11 Å². The van der Waals surface area contributed by atoms with Crippen LogP contribution in [-0.4, -0.2) is 36.9 Å². The second-order valence-corrected chi connectivity index (χ2v) is 3.96. The zero-order valence-corrected chi connectivity index (χ0v) is 8.33. The highest BCUT2D eigenvalue weighted by Gasteiger charge is 2.29. The molecule has 1 heterocycles. The van der Waals surface area contributed by atoms with E-state index in [4.69, 9.17) is 4.84 Å². The van der Waals surface area contributed by atoms with Gasteiger partial charge in [-0.1, -0.05) is 5.16 Å². The molecule has 1 saturated heterocycles. The fourth-order valence-corrected chi connectivity index (χ4v) is 2.02. The van der Waals surface area contributed by atoms with Gasteiger partial charge in [-0.3, -0.25) is 4.90 Å². The summed E-state index contributed by atoms with van der Waals surface area (Å²) < 4.78 is 0. The van der Waals surface area contributed by atoms with Crippen molar-refractivity contribution in [3.8, 4) is 0 Å². The second-order valence-electron chi connectivity index (χ2n) is 3.96. The lowest BCUT2D eigenvalue weighted by Gasteiger charge is -2.17. The average Bonchev–Trinajstić information content (AvgIpc) is 2.89. The van der Waals surface area contributed by atoms with E-state index in [0.717, 1.165) is 18.9 Å². The first-order valence-corrected chi connectivity index (χ1v) is 5.23. The molecular formula is C10H18N2O. The van der Waals surface area contributed by atoms with Gasteiger partial charge in [0.05, 0.1) is 5.71 Å². The predicted molar refractivity (Wildman–Crippen MR) is 52.9 cm³/mol. The molecule has 13 heavy (non-hydrogen) atoms. The maximum Gasteiger partial charge on any atom is 0.106 e. The largest absolute Gasteiger partial charge is 0.399 e. The number of hydrogen-bond acceptors (Lipinski definition) is 3. The Hall–Kier alpha value is -0.570. The number of hydrogen-bond donors (Lipinski definition) is 0. The molecule has 0 bridgehead atoms. The Morgan fingerprint density at radius 3 is 2.85 bits per heavy atom. The number of oxime groups is 1. The van der Waals surface area contributed by atoms with E-state index in [1.165, 1.54) is 38.1 Å². The third-order valence-corrected chi connectivity index (χ3v) is 2.88. The number of nitrogens with zero attached hydrogens (tertiary/aromatic N) is 2. The topological polar surface area (TPSA) is 24.8 Å². The molecule has 3 nitrogen and oxygen atoms in total. The normalized spacial score (nSPS) is 28.8. The maximum absolute atomic E-state index is 4.82. The van der Waals surface area contributed by atoms with Gasteiger partial charge in [0, 0.05) is 19.0 Å². The fraction of sp³-hybridized carbons (Fsp3) is 0.900. The molecule has 0 aromatic carbocycles. The summed E-state index contributed by atoms with van der Waals surface area (Å²) in [5.41, 5.74) is 1.24. The van der Waals surface area contributed by atoms with Gasteiger partial charge in [0.2, 0.25) is 0 Å². The summed E-state index contributed by atoms with van der Waals surface area (Å²) in [5, 5.41) is 4.05. The first kappa shape index (κ1) is 9.00. The molecule has 0 N–H and O–H groups in total. The van der Waals surface area contributed by atoms with Crippen LogP contribution in [0.15, 0.2) is 5.16 Å². The molecule has 0 aromatic rings. The lowest BCUT2D eigenvalue weighted by atomic mass is 10.2. The van der Waals surface area contributed by atoms with Crippen LogP contribution < -0.4 is 0 Å². The van der Waals surface area contributed by atoms with Gasteiger partial charge in [0.25, 0.3) is 0 Å². The fourth-order valence-electron chi connectivity index (χ4n) is 2.02. The van der Waals surface area contributed by atoms with Crippen LogP contribution >= 0.6 is 0 Å². The zero-order valence-electron chi connectivity index (χ0n) is 8.33. The minimum absolute atomic E-state index is 0.905. The van der Waals surface area contributed by atoms with Crippen molar-refractivity contribution in [1.29, 1.82) is 0 Å². The molecule has 2 rings (SSSR count). The van der Waals surface area contributed by atoms with Crippen molar-refractivity contribution >= 4 is 5.71 Å². The molecule has 0 aromatic heterocycles. The van der Waals surface area contributed by atoms with Crippen LogP contribution in [0.5, 0.6) is 0 Å². The van der Waals surface area contributed by atoms with Crippen molar-refractivity contribution in [2.45, 2.75) is 38.1 Å². The van der Waals surface area contributed by atoms with E-state index in [2.05, 4.69) is 10.1 Å². The van der Waals surface area contributed by atoms with Crippen molar-refractivity contribution in [2.24, 2.45) is 5.16 Å². The molecule has 0 spiro atoms. The van der Waals surface area contributed by atoms with Crippen LogP contribution in [0.25, 0.3) is 0 Å². The minimum atomic E-state index is 0.905. The molecule has 0 atom stereocenters. The zero-order chi connectivity index (χ0) is 9.10. The number of rotatable bonds is 2. The molecule has 0 amide bonds. The third kappa shape index (κ3) is 2.44. The van der Waals surface area contributed by atoms with Crippen molar-refractivity contribution in [2.75, 3.05) is 20.2 Å². The van der Waals surface area contributed by atoms with Gasteiger partial charge in [0.15, 0.2) is 0 Å². The molecule has 2 aliphatic rings. The van der Waals surface area contributed by atoms with Gasteiger partial charge in [-0.15, -0.1) is 0 Å². The average molecular weight is 182 g/mol. The molecule has 0 unspecified atom stereocenters. The second kappa shape index (κ2) is 4.09. The highest BCUT2D eigenvalue weighted by molar-refractivity contribution is 5.84. The van der Waals surface area contributed by atoms with Crippen LogP contribution in [0.4, 0.5) is 0 Å². The van der Waals surface area contributed by atoms with Crippen molar-refractivity contribution in [1.82, 2.24) is 4.90 Å². The molecule has 74 valence electrons. The standard InChI is InChI=1S/C10H18N2O/c1-13-11-9-3-2-7-12(8-6-9)10-4-5-10/h10H,2-8H2,1H3/b11-9-. The molecule has 1 saturated carbocycles. The van der Waals surface area contributed by atoms with E-state index in [0.29, 0.717) is 0 Å². The molecule has 1 aliphatic carbocycles. The first-order chi connectivity index (χ1) is 6.40. The van der Waals surface area contributed by atoms with Crippen LogP contribution in [0.3, 0.4) is 0 Å². The summed E-state index contributed by atoms with van der Waals surface area (Å²) in [4.78, 5) is 7.43. The van der Waals surface area contributed by atoms with Gasteiger partial charge in [-0.05, 0) is 32.2 Å². The lowest BCUT2D eigenvalue weighted by molar-refractivity contribution is 0.211. The minimum Gasteiger partial charge on any atom is -0.399 e. The Morgan fingerprint density at radius 1 is 1.31 bits per heavy atom. The Labute approximate surface area is 79.7 Å². The highest BCUT2D eigenvalue weighted by atomic mass is 16.6. The highest BCUT2D eigenvalue weighted by Crippen LogP contribution is 2.28. The van der Waals surface area contributed by atoms with E-state index in [1.807, 2.05) is 0 Å². The molecule has 1 aliphatic heterocycles. The van der Waals surface area contributed by atoms with E-state index in [1.54, 1.807) is 7.11 Å². The Balaban J connectivity index is 1.85. The summed E-state index contributed by atoms with van der Waals surface area (Å²) in [7, 11) is 1.64. The van der Waals surface area contributed by atoms with E-state index in [-0.39, 0.29) is 0 Å². The van der Waals surface area contributed by atoms with Crippen LogP contribution in [0.1, 0.15) is 32.1 Å². The summed E-state index contributed by atoms with van der Waals surface area (Å²) in [5.74, 6) is 0. The Morgan fingerprint density at radius 2 is 2.15 bits per heavy atom. The number of likely N-dealkylation sites (tertiary alicyclic amines) is 1. The SMILES string of the molecule is CO/N=C1/CCCN(C2CC2)CC1. The van der Waals surface area contributed by atoms with Gasteiger partial charge in [-0.2, -0.15) is 0 Å². The van der Waals surface area contributed by atoms with Gasteiger partial charge in [-0.25, -0.2) is 0 Å². The van der Waals surface area contributed by atoms with Crippen molar-refractivity contribution in [3.05, 3.63) is 0 Å². The van der Waals surface area contributed by atoms with Crippen molar-refractivity contribution < 1.29 is 4.84 Å². The molecular weight excluding hydrogens is 164 g/mol. The summed E-state index contributed by atoms with van der Waals surface area (Å²) >= 11 is 0. The quantitative estimate of drug-likeness (QED) is 0.606. The van der Waals surface area contributed by atoms with E-state index >= 15 is 0 Å². The summed E-state index contributed by atoms with van der Waals surface area (Å²) in [6.07, 6.45) is 6.30. The monoisotopic (exact) mass is 182 g/mol. The van der Waals surface area contributed by atoms with Crippen LogP contribution in [-0.2, 0) is 4.84 Å². The summed E-state index contributed by atoms with van der Waals surface area (Å²) in [6.45, 7) is 2.44. The first-order valence-electron chi connectivity index (χ1n) is 5.23. The molecule has 3 heteroatoms. The van der Waals surface area contributed by atoms with Gasteiger partial charge >= 0.3 is 0 Å². The van der Waals surface area contributed by atoms with Crippen LogP contribution in [0, 0.1) is 0 Å². The van der Waals surface area contributed by atoms with Gasteiger partial charge < -0.3 is 4.84 Å². The molecule has 0 radical (unpaired) electrons. The summed E-state index contributed by atoms with van der Waals surface area (Å²) in [6, 6.07) is 0.905. The Bertz CT molecular complexity index is 199.